The summed E-state index contributed by atoms with van der Waals surface area (Å²) in [7, 11) is 0. The number of hydrogen-bond donors (Lipinski definition) is 3. The van der Waals surface area contributed by atoms with Gasteiger partial charge in [0.15, 0.2) is 0 Å². The number of aliphatic hydroxyl groups excluding tert-OH is 1. The molecule has 0 saturated carbocycles. The normalized spacial score (nSPS) is 10.6. The van der Waals surface area contributed by atoms with E-state index in [9.17, 15) is 4.79 Å². The molecular formula is C9H9N3O3S. The molecule has 6 nitrogen and oxygen atoms in total. The van der Waals surface area contributed by atoms with Gasteiger partial charge in [0, 0.05) is 11.9 Å². The number of hydrogen-bond acceptors (Lipinski definition) is 6. The van der Waals surface area contributed by atoms with Crippen molar-refractivity contribution in [1.29, 1.82) is 0 Å². The van der Waals surface area contributed by atoms with Gasteiger partial charge in [-0.2, -0.15) is 0 Å². The van der Waals surface area contributed by atoms with Crippen LogP contribution in [0.25, 0.3) is 10.2 Å². The van der Waals surface area contributed by atoms with Gasteiger partial charge in [-0.1, -0.05) is 0 Å². The van der Waals surface area contributed by atoms with Crippen LogP contribution in [0.1, 0.15) is 10.4 Å². The summed E-state index contributed by atoms with van der Waals surface area (Å²) >= 11 is 1.27. The van der Waals surface area contributed by atoms with Crippen LogP contribution in [-0.4, -0.2) is 39.3 Å². The van der Waals surface area contributed by atoms with Crippen molar-refractivity contribution < 1.29 is 15.0 Å². The molecule has 0 unspecified atom stereocenters. The van der Waals surface area contributed by atoms with E-state index in [1.807, 2.05) is 0 Å². The minimum atomic E-state index is -1.00. The number of carboxylic acid groups (broad SMARTS) is 1. The second kappa shape index (κ2) is 4.42. The molecule has 3 N–H and O–H groups in total. The Labute approximate surface area is 94.6 Å². The van der Waals surface area contributed by atoms with Crippen molar-refractivity contribution in [2.75, 3.05) is 18.5 Å². The highest BCUT2D eigenvalue weighted by Crippen LogP contribution is 2.28. The van der Waals surface area contributed by atoms with E-state index in [-0.39, 0.29) is 12.2 Å². The first kappa shape index (κ1) is 10.8. The summed E-state index contributed by atoms with van der Waals surface area (Å²) in [6.07, 6.45) is 1.31. The molecule has 0 aliphatic carbocycles. The van der Waals surface area contributed by atoms with Crippen molar-refractivity contribution in [3.05, 3.63) is 17.3 Å². The van der Waals surface area contributed by atoms with Gasteiger partial charge in [-0.3, -0.25) is 0 Å². The maximum Gasteiger partial charge on any atom is 0.338 e. The number of rotatable bonds is 4. The molecule has 2 heterocycles. The molecule has 2 rings (SSSR count). The van der Waals surface area contributed by atoms with Gasteiger partial charge in [-0.25, -0.2) is 14.8 Å². The number of carbonyl (C=O) groups is 1. The average molecular weight is 239 g/mol. The molecule has 0 bridgehead atoms. The molecule has 2 aromatic rings. The van der Waals surface area contributed by atoms with E-state index >= 15 is 0 Å². The molecule has 0 aromatic carbocycles. The third-order valence-electron chi connectivity index (χ3n) is 1.99. The number of aromatic carboxylic acids is 1. The molecule has 0 aliphatic rings. The van der Waals surface area contributed by atoms with Crippen molar-refractivity contribution in [3.63, 3.8) is 0 Å². The number of nitrogens with one attached hydrogen (secondary N) is 1. The fraction of sp³-hybridized carbons (Fsp3) is 0.222. The lowest BCUT2D eigenvalue weighted by Crippen LogP contribution is -2.07. The van der Waals surface area contributed by atoms with Gasteiger partial charge >= 0.3 is 5.97 Å². The number of nitrogens with zero attached hydrogens (tertiary/aromatic N) is 2. The van der Waals surface area contributed by atoms with Crippen LogP contribution in [0.5, 0.6) is 0 Å². The second-order valence-electron chi connectivity index (χ2n) is 3.00. The third-order valence-corrected chi connectivity index (χ3v) is 2.96. The molecule has 0 saturated heterocycles. The maximum absolute atomic E-state index is 10.9. The van der Waals surface area contributed by atoms with E-state index in [0.717, 1.165) is 0 Å². The molecular weight excluding hydrogens is 230 g/mol. The lowest BCUT2D eigenvalue weighted by atomic mass is 10.3. The predicted molar refractivity (Wildman–Crippen MR) is 59.9 cm³/mol. The van der Waals surface area contributed by atoms with Crippen LogP contribution in [0.4, 0.5) is 5.82 Å². The number of carboxylic acids is 1. The van der Waals surface area contributed by atoms with E-state index in [4.69, 9.17) is 10.2 Å². The SMILES string of the molecule is O=C(O)c1csc2c(NCCO)ncnc12. The highest BCUT2D eigenvalue weighted by molar-refractivity contribution is 7.18. The fourth-order valence-electron chi connectivity index (χ4n) is 1.30. The molecule has 0 aliphatic heterocycles. The summed E-state index contributed by atoms with van der Waals surface area (Å²) < 4.78 is 0.688. The van der Waals surface area contributed by atoms with Crippen LogP contribution in [0, 0.1) is 0 Å². The van der Waals surface area contributed by atoms with Crippen molar-refractivity contribution >= 4 is 33.3 Å². The van der Waals surface area contributed by atoms with E-state index in [1.165, 1.54) is 23.0 Å². The second-order valence-corrected chi connectivity index (χ2v) is 3.88. The largest absolute Gasteiger partial charge is 0.478 e. The highest BCUT2D eigenvalue weighted by atomic mass is 32.1. The van der Waals surface area contributed by atoms with Crippen molar-refractivity contribution in [2.45, 2.75) is 0 Å². The number of fused-ring (bicyclic) bond motifs is 1. The number of aromatic nitrogens is 2. The molecule has 0 amide bonds. The Morgan fingerprint density at radius 3 is 3.00 bits per heavy atom. The molecule has 2 aromatic heterocycles. The van der Waals surface area contributed by atoms with Crippen LogP contribution >= 0.6 is 11.3 Å². The maximum atomic E-state index is 10.9. The minimum absolute atomic E-state index is 0.0113. The Morgan fingerprint density at radius 2 is 2.31 bits per heavy atom. The van der Waals surface area contributed by atoms with Gasteiger partial charge in [0.2, 0.25) is 0 Å². The molecule has 84 valence electrons. The quantitative estimate of drug-likeness (QED) is 0.730. The lowest BCUT2D eigenvalue weighted by molar-refractivity contribution is 0.0699. The minimum Gasteiger partial charge on any atom is -0.478 e. The Bertz CT molecular complexity index is 526. The van der Waals surface area contributed by atoms with Crippen molar-refractivity contribution in [1.82, 2.24) is 9.97 Å². The van der Waals surface area contributed by atoms with Gasteiger partial charge in [0.25, 0.3) is 0 Å². The standard InChI is InChI=1S/C9H9N3O3S/c13-2-1-10-8-7-6(11-4-12-8)5(3-16-7)9(14)15/h3-4,13H,1-2H2,(H,14,15)(H,10,11,12). The molecule has 0 spiro atoms. The van der Waals surface area contributed by atoms with Gasteiger partial charge in [-0.15, -0.1) is 11.3 Å². The van der Waals surface area contributed by atoms with Gasteiger partial charge in [-0.05, 0) is 0 Å². The summed E-state index contributed by atoms with van der Waals surface area (Å²) in [6, 6.07) is 0. The first-order chi connectivity index (χ1) is 7.74. The Balaban J connectivity index is 2.49. The van der Waals surface area contributed by atoms with E-state index < -0.39 is 5.97 Å². The van der Waals surface area contributed by atoms with Crippen LogP contribution in [0.2, 0.25) is 0 Å². The van der Waals surface area contributed by atoms with Gasteiger partial charge in [0.05, 0.1) is 16.9 Å². The summed E-state index contributed by atoms with van der Waals surface area (Å²) in [5.74, 6) is -0.449. The van der Waals surface area contributed by atoms with Crippen LogP contribution in [-0.2, 0) is 0 Å². The van der Waals surface area contributed by atoms with Crippen molar-refractivity contribution in [3.8, 4) is 0 Å². The molecule has 0 radical (unpaired) electrons. The topological polar surface area (TPSA) is 95.3 Å². The van der Waals surface area contributed by atoms with Gasteiger partial charge in [0.1, 0.15) is 17.7 Å². The predicted octanol–water partition coefficient (Wildman–Crippen LogP) is 0.794. The van der Waals surface area contributed by atoms with Crippen LogP contribution < -0.4 is 5.32 Å². The lowest BCUT2D eigenvalue weighted by Gasteiger charge is -2.03. The fourth-order valence-corrected chi connectivity index (χ4v) is 2.26. The Kier molecular flexibility index (Phi) is 2.97. The first-order valence-electron chi connectivity index (χ1n) is 4.54. The average Bonchev–Trinajstić information content (AvgIpc) is 2.70. The zero-order valence-corrected chi connectivity index (χ0v) is 8.99. The van der Waals surface area contributed by atoms with Crippen molar-refractivity contribution in [2.24, 2.45) is 0 Å². The first-order valence-corrected chi connectivity index (χ1v) is 5.42. The monoisotopic (exact) mass is 239 g/mol. The molecule has 0 atom stereocenters. The summed E-state index contributed by atoms with van der Waals surface area (Å²) in [5.41, 5.74) is 0.599. The Hall–Kier alpha value is -1.73. The molecule has 7 heteroatoms. The third kappa shape index (κ3) is 1.82. The zero-order chi connectivity index (χ0) is 11.5. The number of anilines is 1. The molecule has 16 heavy (non-hydrogen) atoms. The van der Waals surface area contributed by atoms with E-state index in [0.29, 0.717) is 22.6 Å². The number of thiophene rings is 1. The zero-order valence-electron chi connectivity index (χ0n) is 8.17. The van der Waals surface area contributed by atoms with E-state index in [1.54, 1.807) is 0 Å². The highest BCUT2D eigenvalue weighted by Gasteiger charge is 2.14. The van der Waals surface area contributed by atoms with Gasteiger partial charge < -0.3 is 15.5 Å². The Morgan fingerprint density at radius 1 is 1.50 bits per heavy atom. The molecule has 0 fully saturated rings. The van der Waals surface area contributed by atoms with Crippen LogP contribution in [0.3, 0.4) is 0 Å². The van der Waals surface area contributed by atoms with E-state index in [2.05, 4.69) is 15.3 Å². The smallest absolute Gasteiger partial charge is 0.338 e. The summed E-state index contributed by atoms with van der Waals surface area (Å²) in [5, 5.41) is 22.1. The summed E-state index contributed by atoms with van der Waals surface area (Å²) in [6.45, 7) is 0.356. The van der Waals surface area contributed by atoms with Crippen LogP contribution in [0.15, 0.2) is 11.7 Å². The number of aliphatic hydroxyl groups is 1. The summed E-state index contributed by atoms with van der Waals surface area (Å²) in [4.78, 5) is 18.8.